The molecule has 0 spiro atoms. The topological polar surface area (TPSA) is 55.6 Å². The highest BCUT2D eigenvalue weighted by Gasteiger charge is 2.31. The largest absolute Gasteiger partial charge is 0.447 e. The van der Waals surface area contributed by atoms with Crippen molar-refractivity contribution >= 4 is 11.8 Å². The minimum atomic E-state index is -0.293. The van der Waals surface area contributed by atoms with Gasteiger partial charge in [-0.25, -0.2) is 4.79 Å². The number of ether oxygens (including phenoxy) is 1. The number of para-hydroxylation sites is 1. The van der Waals surface area contributed by atoms with E-state index in [0.29, 0.717) is 12.3 Å². The fourth-order valence-electron chi connectivity index (χ4n) is 1.60. The number of anilines is 1. The molecule has 2 rings (SSSR count). The molecule has 74 valence electrons. The Kier molecular flexibility index (Phi) is 2.04. The van der Waals surface area contributed by atoms with Crippen molar-refractivity contribution in [3.63, 3.8) is 0 Å². The molecule has 1 saturated heterocycles. The van der Waals surface area contributed by atoms with E-state index in [9.17, 15) is 4.79 Å². The van der Waals surface area contributed by atoms with Crippen molar-refractivity contribution in [2.45, 2.75) is 6.04 Å². The average Bonchev–Trinajstić information content (AvgIpc) is 2.49. The molecule has 1 aromatic carbocycles. The van der Waals surface area contributed by atoms with Gasteiger partial charge in [-0.1, -0.05) is 18.2 Å². The zero-order valence-electron chi connectivity index (χ0n) is 7.93. The molecule has 0 aliphatic carbocycles. The Morgan fingerprint density at radius 3 is 2.79 bits per heavy atom. The number of nitrogens with two attached hydrogens (primary N) is 1. The van der Waals surface area contributed by atoms with Gasteiger partial charge in [0.15, 0.2) is 0 Å². The minimum absolute atomic E-state index is 0.0521. The van der Waals surface area contributed by atoms with Crippen LogP contribution < -0.4 is 5.73 Å². The Morgan fingerprint density at radius 2 is 2.21 bits per heavy atom. The maximum Gasteiger partial charge on any atom is 0.410 e. The van der Waals surface area contributed by atoms with Crippen molar-refractivity contribution in [3.8, 4) is 0 Å². The van der Waals surface area contributed by atoms with Gasteiger partial charge >= 0.3 is 6.09 Å². The number of nitrogen functional groups attached to an aromatic ring is 1. The molecule has 1 atom stereocenters. The van der Waals surface area contributed by atoms with Gasteiger partial charge in [0.1, 0.15) is 6.61 Å². The number of likely N-dealkylation sites (N-methyl/N-ethyl adjacent to an activating group) is 1. The first-order valence-electron chi connectivity index (χ1n) is 4.44. The van der Waals surface area contributed by atoms with Gasteiger partial charge in [-0.2, -0.15) is 0 Å². The lowest BCUT2D eigenvalue weighted by Gasteiger charge is -2.17. The predicted molar refractivity (Wildman–Crippen MR) is 52.7 cm³/mol. The summed E-state index contributed by atoms with van der Waals surface area (Å²) in [5.74, 6) is 0. The normalized spacial score (nSPS) is 21.1. The smallest absolute Gasteiger partial charge is 0.410 e. The molecule has 14 heavy (non-hydrogen) atoms. The highest BCUT2D eigenvalue weighted by atomic mass is 16.6. The summed E-state index contributed by atoms with van der Waals surface area (Å²) in [6.45, 7) is 0.379. The molecule has 1 heterocycles. The number of hydrogen-bond donors (Lipinski definition) is 1. The predicted octanol–water partition coefficient (Wildman–Crippen LogP) is 1.39. The molecule has 1 aliphatic rings. The van der Waals surface area contributed by atoms with E-state index in [4.69, 9.17) is 10.5 Å². The van der Waals surface area contributed by atoms with Crippen LogP contribution in [0.1, 0.15) is 11.6 Å². The molecule has 1 amide bonds. The summed E-state index contributed by atoms with van der Waals surface area (Å²) in [5, 5.41) is 0. The van der Waals surface area contributed by atoms with Crippen LogP contribution in [0.15, 0.2) is 24.3 Å². The lowest BCUT2D eigenvalue weighted by atomic mass is 10.1. The fraction of sp³-hybridized carbons (Fsp3) is 0.300. The van der Waals surface area contributed by atoms with Crippen LogP contribution in [0.4, 0.5) is 10.5 Å². The molecular formula is C10H12N2O2. The lowest BCUT2D eigenvalue weighted by Crippen LogP contribution is -2.23. The second-order valence-electron chi connectivity index (χ2n) is 3.33. The van der Waals surface area contributed by atoms with Gasteiger partial charge in [0.2, 0.25) is 0 Å². The van der Waals surface area contributed by atoms with Gasteiger partial charge in [0.05, 0.1) is 6.04 Å². The average molecular weight is 192 g/mol. The van der Waals surface area contributed by atoms with E-state index in [2.05, 4.69) is 0 Å². The van der Waals surface area contributed by atoms with Crippen LogP contribution in [0.2, 0.25) is 0 Å². The monoisotopic (exact) mass is 192 g/mol. The van der Waals surface area contributed by atoms with Crippen LogP contribution in [-0.2, 0) is 4.74 Å². The number of carbonyl (C=O) groups excluding carboxylic acids is 1. The number of hydrogen-bond acceptors (Lipinski definition) is 3. The van der Waals surface area contributed by atoms with Crippen molar-refractivity contribution in [1.29, 1.82) is 0 Å². The summed E-state index contributed by atoms with van der Waals surface area (Å²) in [6, 6.07) is 7.46. The van der Waals surface area contributed by atoms with Gasteiger partial charge in [-0.05, 0) is 6.07 Å². The number of carbonyl (C=O) groups is 1. The third-order valence-corrected chi connectivity index (χ3v) is 2.48. The molecule has 0 radical (unpaired) electrons. The maximum atomic E-state index is 11.1. The van der Waals surface area contributed by atoms with Gasteiger partial charge in [-0.3, -0.25) is 0 Å². The summed E-state index contributed by atoms with van der Waals surface area (Å²) in [4.78, 5) is 12.7. The quantitative estimate of drug-likeness (QED) is 0.684. The molecule has 1 unspecified atom stereocenters. The van der Waals surface area contributed by atoms with Crippen LogP contribution in [0.25, 0.3) is 0 Å². The summed E-state index contributed by atoms with van der Waals surface area (Å²) < 4.78 is 4.92. The van der Waals surface area contributed by atoms with E-state index < -0.39 is 0 Å². The second kappa shape index (κ2) is 3.21. The van der Waals surface area contributed by atoms with Crippen LogP contribution in [-0.4, -0.2) is 24.6 Å². The zero-order chi connectivity index (χ0) is 10.1. The number of rotatable bonds is 1. The summed E-state index contributed by atoms with van der Waals surface area (Å²) in [5.41, 5.74) is 7.46. The highest BCUT2D eigenvalue weighted by molar-refractivity contribution is 5.71. The van der Waals surface area contributed by atoms with Crippen LogP contribution in [0, 0.1) is 0 Å². The van der Waals surface area contributed by atoms with E-state index in [1.165, 1.54) is 0 Å². The Balaban J connectivity index is 2.32. The molecule has 4 nitrogen and oxygen atoms in total. The van der Waals surface area contributed by atoms with Crippen molar-refractivity contribution in [2.24, 2.45) is 0 Å². The van der Waals surface area contributed by atoms with Gasteiger partial charge in [-0.15, -0.1) is 0 Å². The lowest BCUT2D eigenvalue weighted by molar-refractivity contribution is 0.163. The number of nitrogens with zero attached hydrogens (tertiary/aromatic N) is 1. The first-order valence-corrected chi connectivity index (χ1v) is 4.44. The summed E-state index contributed by atoms with van der Waals surface area (Å²) in [7, 11) is 1.71. The van der Waals surface area contributed by atoms with Crippen molar-refractivity contribution < 1.29 is 9.53 Å². The van der Waals surface area contributed by atoms with Crippen LogP contribution in [0.5, 0.6) is 0 Å². The number of cyclic esters (lactones) is 1. The Morgan fingerprint density at radius 1 is 1.50 bits per heavy atom. The van der Waals surface area contributed by atoms with Gasteiger partial charge in [0, 0.05) is 18.3 Å². The van der Waals surface area contributed by atoms with Crippen molar-refractivity contribution in [2.75, 3.05) is 19.4 Å². The fourth-order valence-corrected chi connectivity index (χ4v) is 1.60. The molecule has 1 aromatic rings. The first-order chi connectivity index (χ1) is 6.70. The van der Waals surface area contributed by atoms with E-state index in [1.54, 1.807) is 11.9 Å². The highest BCUT2D eigenvalue weighted by Crippen LogP contribution is 2.29. The van der Waals surface area contributed by atoms with E-state index in [-0.39, 0.29) is 12.1 Å². The van der Waals surface area contributed by atoms with Crippen molar-refractivity contribution in [1.82, 2.24) is 4.90 Å². The van der Waals surface area contributed by atoms with Gasteiger partial charge < -0.3 is 15.4 Å². The van der Waals surface area contributed by atoms with Gasteiger partial charge in [0.25, 0.3) is 0 Å². The number of benzene rings is 1. The second-order valence-corrected chi connectivity index (χ2v) is 3.33. The Bertz CT molecular complexity index is 365. The first kappa shape index (κ1) is 8.87. The van der Waals surface area contributed by atoms with E-state index >= 15 is 0 Å². The molecule has 0 aromatic heterocycles. The minimum Gasteiger partial charge on any atom is -0.447 e. The Hall–Kier alpha value is -1.71. The molecule has 1 fully saturated rings. The molecule has 0 bridgehead atoms. The van der Waals surface area contributed by atoms with E-state index in [0.717, 1.165) is 5.56 Å². The molecule has 0 saturated carbocycles. The third kappa shape index (κ3) is 1.28. The maximum absolute atomic E-state index is 11.1. The van der Waals surface area contributed by atoms with Crippen LogP contribution >= 0.6 is 0 Å². The third-order valence-electron chi connectivity index (χ3n) is 2.48. The standard InChI is InChI=1S/C10H12N2O2/c1-12-9(6-14-10(12)13)7-4-2-3-5-8(7)11/h2-5,9H,6,11H2,1H3. The Labute approximate surface area is 82.3 Å². The molecule has 4 heteroatoms. The molecule has 1 aliphatic heterocycles. The van der Waals surface area contributed by atoms with E-state index in [1.807, 2.05) is 24.3 Å². The van der Waals surface area contributed by atoms with Crippen molar-refractivity contribution in [3.05, 3.63) is 29.8 Å². The summed E-state index contributed by atoms with van der Waals surface area (Å²) >= 11 is 0. The zero-order valence-corrected chi connectivity index (χ0v) is 7.93. The van der Waals surface area contributed by atoms with Crippen LogP contribution in [0.3, 0.4) is 0 Å². The number of amides is 1. The molecular weight excluding hydrogens is 180 g/mol. The molecule has 2 N–H and O–H groups in total. The SMILES string of the molecule is CN1C(=O)OCC1c1ccccc1N. The summed E-state index contributed by atoms with van der Waals surface area (Å²) in [6.07, 6.45) is -0.293.